The van der Waals surface area contributed by atoms with Crippen LogP contribution in [-0.4, -0.2) is 36.0 Å². The molecule has 0 saturated heterocycles. The van der Waals surface area contributed by atoms with E-state index in [2.05, 4.69) is 15.5 Å². The molecule has 2 aromatic heterocycles. The van der Waals surface area contributed by atoms with E-state index in [0.717, 1.165) is 0 Å². The van der Waals surface area contributed by atoms with Crippen LogP contribution in [0.15, 0.2) is 53.1 Å². The summed E-state index contributed by atoms with van der Waals surface area (Å²) in [5.41, 5.74) is 2.31. The second-order valence-electron chi connectivity index (χ2n) is 7.13. The van der Waals surface area contributed by atoms with Gasteiger partial charge in [0.1, 0.15) is 18.2 Å². The first kappa shape index (κ1) is 19.8. The van der Waals surface area contributed by atoms with Crippen LogP contribution in [-0.2, 0) is 0 Å². The highest BCUT2D eigenvalue weighted by Gasteiger charge is 2.19. The number of nitrogens with zero attached hydrogens (tertiary/aromatic N) is 2. The van der Waals surface area contributed by atoms with Gasteiger partial charge in [-0.2, -0.15) is 0 Å². The van der Waals surface area contributed by atoms with Gasteiger partial charge in [-0.15, -0.1) is 0 Å². The lowest BCUT2D eigenvalue weighted by Gasteiger charge is -2.10. The molecular weight excluding hydrogens is 417 g/mol. The van der Waals surface area contributed by atoms with E-state index < -0.39 is 0 Å². The fraction of sp³-hybridized carbons (Fsp3) is 0.174. The van der Waals surface area contributed by atoms with Crippen molar-refractivity contribution in [3.8, 4) is 28.5 Å². The molecule has 8 nitrogen and oxygen atoms in total. The van der Waals surface area contributed by atoms with Gasteiger partial charge in [0.2, 0.25) is 6.79 Å². The van der Waals surface area contributed by atoms with E-state index in [0.29, 0.717) is 45.1 Å². The van der Waals surface area contributed by atoms with Gasteiger partial charge in [-0.3, -0.25) is 4.79 Å². The normalized spacial score (nSPS) is 12.2. The molecule has 0 atom stereocenters. The van der Waals surface area contributed by atoms with Crippen molar-refractivity contribution in [1.82, 2.24) is 15.5 Å². The van der Waals surface area contributed by atoms with Crippen LogP contribution in [0.5, 0.6) is 17.2 Å². The van der Waals surface area contributed by atoms with Gasteiger partial charge in [0.15, 0.2) is 11.5 Å². The predicted molar refractivity (Wildman–Crippen MR) is 112 cm³/mol. The van der Waals surface area contributed by atoms with Crippen molar-refractivity contribution in [3.05, 3.63) is 65.6 Å². The number of rotatable bonds is 6. The summed E-state index contributed by atoms with van der Waals surface area (Å²) in [6, 6.07) is 12.8. The van der Waals surface area contributed by atoms with Gasteiger partial charge in [0.05, 0.1) is 28.9 Å². The second-order valence-corrected chi connectivity index (χ2v) is 7.13. The Balaban J connectivity index is 1.31. The summed E-state index contributed by atoms with van der Waals surface area (Å²) in [5, 5.41) is 7.30. The first-order valence-corrected chi connectivity index (χ1v) is 9.92. The number of hydrogen-bond donors (Lipinski definition) is 1. The molecule has 9 heteroatoms. The summed E-state index contributed by atoms with van der Waals surface area (Å²) in [7, 11) is 0. The Kier molecular flexibility index (Phi) is 5.06. The number of carbonyl (C=O) groups is 1. The minimum Gasteiger partial charge on any atom is -0.492 e. The number of aromatic nitrogens is 2. The number of hydrogen-bond acceptors (Lipinski definition) is 7. The van der Waals surface area contributed by atoms with Gasteiger partial charge in [-0.25, -0.2) is 9.37 Å². The van der Waals surface area contributed by atoms with Gasteiger partial charge in [-0.05, 0) is 49.4 Å². The monoisotopic (exact) mass is 435 g/mol. The van der Waals surface area contributed by atoms with Gasteiger partial charge < -0.3 is 24.1 Å². The highest BCUT2D eigenvalue weighted by molar-refractivity contribution is 6.07. The fourth-order valence-electron chi connectivity index (χ4n) is 3.44. The average Bonchev–Trinajstić information content (AvgIpc) is 3.42. The van der Waals surface area contributed by atoms with E-state index in [9.17, 15) is 9.18 Å². The summed E-state index contributed by atoms with van der Waals surface area (Å²) >= 11 is 0. The molecule has 0 radical (unpaired) electrons. The number of benzene rings is 2. The fourth-order valence-corrected chi connectivity index (χ4v) is 3.44. The van der Waals surface area contributed by atoms with Crippen LogP contribution in [0.2, 0.25) is 0 Å². The SMILES string of the molecule is Cc1noc2nc(-c3ccc(F)cc3)cc(C(=O)NCCOc3ccc4c(c3)OCO4)c12. The molecule has 32 heavy (non-hydrogen) atoms. The predicted octanol–water partition coefficient (Wildman–Crippen LogP) is 3.87. The van der Waals surface area contributed by atoms with Crippen molar-refractivity contribution < 1.29 is 27.9 Å². The van der Waals surface area contributed by atoms with Crippen LogP contribution in [0.1, 0.15) is 16.1 Å². The maximum atomic E-state index is 13.3. The molecule has 4 aromatic rings. The minimum atomic E-state index is -0.356. The smallest absolute Gasteiger partial charge is 0.259 e. The summed E-state index contributed by atoms with van der Waals surface area (Å²) in [5.74, 6) is 1.24. The number of nitrogens with one attached hydrogen (secondary N) is 1. The quantitative estimate of drug-likeness (QED) is 0.459. The van der Waals surface area contributed by atoms with Crippen LogP contribution in [0.25, 0.3) is 22.4 Å². The molecule has 162 valence electrons. The molecule has 3 heterocycles. The topological polar surface area (TPSA) is 95.7 Å². The average molecular weight is 435 g/mol. The number of carbonyl (C=O) groups excluding carboxylic acids is 1. The van der Waals surface area contributed by atoms with E-state index >= 15 is 0 Å². The maximum Gasteiger partial charge on any atom is 0.259 e. The first-order chi connectivity index (χ1) is 15.6. The van der Waals surface area contributed by atoms with Crippen LogP contribution >= 0.6 is 0 Å². The molecule has 0 spiro atoms. The lowest BCUT2D eigenvalue weighted by molar-refractivity contribution is 0.0948. The molecule has 1 aliphatic heterocycles. The van der Waals surface area contributed by atoms with E-state index in [1.807, 2.05) is 0 Å². The number of fused-ring (bicyclic) bond motifs is 2. The largest absolute Gasteiger partial charge is 0.492 e. The number of halogens is 1. The molecule has 0 fully saturated rings. The summed E-state index contributed by atoms with van der Waals surface area (Å²) in [4.78, 5) is 17.4. The Hall–Kier alpha value is -4.14. The van der Waals surface area contributed by atoms with Crippen molar-refractivity contribution >= 4 is 17.0 Å². The number of aryl methyl sites for hydroxylation is 1. The molecule has 1 amide bonds. The molecule has 2 aromatic carbocycles. The van der Waals surface area contributed by atoms with Crippen molar-refractivity contribution in [1.29, 1.82) is 0 Å². The number of ether oxygens (including phenoxy) is 3. The van der Waals surface area contributed by atoms with E-state index in [-0.39, 0.29) is 37.4 Å². The minimum absolute atomic E-state index is 0.192. The van der Waals surface area contributed by atoms with Gasteiger partial charge in [0.25, 0.3) is 11.6 Å². The number of pyridine rings is 1. The van der Waals surface area contributed by atoms with Crippen LogP contribution < -0.4 is 19.5 Å². The van der Waals surface area contributed by atoms with Crippen molar-refractivity contribution in [3.63, 3.8) is 0 Å². The zero-order valence-electron chi connectivity index (χ0n) is 17.1. The van der Waals surface area contributed by atoms with Crippen molar-refractivity contribution in [2.75, 3.05) is 19.9 Å². The Morgan fingerprint density at radius 1 is 1.12 bits per heavy atom. The first-order valence-electron chi connectivity index (χ1n) is 9.92. The standard InChI is InChI=1S/C23H18FN3O5/c1-13-21-17(11-18(26-23(21)32-27-13)14-2-4-15(24)5-3-14)22(28)25-8-9-29-16-6-7-19-20(10-16)31-12-30-19/h2-7,10-11H,8-9,12H2,1H3,(H,25,28). The molecule has 1 aliphatic rings. The zero-order chi connectivity index (χ0) is 22.1. The lowest BCUT2D eigenvalue weighted by Crippen LogP contribution is -2.28. The highest BCUT2D eigenvalue weighted by atomic mass is 19.1. The van der Waals surface area contributed by atoms with Crippen LogP contribution in [0.4, 0.5) is 4.39 Å². The Bertz CT molecular complexity index is 1300. The van der Waals surface area contributed by atoms with E-state index in [1.54, 1.807) is 43.3 Å². The van der Waals surface area contributed by atoms with Gasteiger partial charge >= 0.3 is 0 Å². The van der Waals surface area contributed by atoms with Gasteiger partial charge in [0, 0.05) is 11.6 Å². The van der Waals surface area contributed by atoms with E-state index in [1.165, 1.54) is 12.1 Å². The van der Waals surface area contributed by atoms with Crippen molar-refractivity contribution in [2.45, 2.75) is 6.92 Å². The highest BCUT2D eigenvalue weighted by Crippen LogP contribution is 2.35. The third-order valence-electron chi connectivity index (χ3n) is 5.00. The zero-order valence-corrected chi connectivity index (χ0v) is 17.1. The van der Waals surface area contributed by atoms with Crippen molar-refractivity contribution in [2.24, 2.45) is 0 Å². The van der Waals surface area contributed by atoms with Gasteiger partial charge in [-0.1, -0.05) is 5.16 Å². The molecule has 0 bridgehead atoms. The molecular formula is C23H18FN3O5. The number of amides is 1. The lowest BCUT2D eigenvalue weighted by atomic mass is 10.1. The Morgan fingerprint density at radius 3 is 2.78 bits per heavy atom. The van der Waals surface area contributed by atoms with Crippen LogP contribution in [0, 0.1) is 12.7 Å². The summed E-state index contributed by atoms with van der Waals surface area (Å²) in [6.07, 6.45) is 0. The van der Waals surface area contributed by atoms with Crippen LogP contribution in [0.3, 0.4) is 0 Å². The third-order valence-corrected chi connectivity index (χ3v) is 5.00. The molecule has 0 aliphatic carbocycles. The second kappa shape index (κ2) is 8.18. The summed E-state index contributed by atoms with van der Waals surface area (Å²) in [6.45, 7) is 2.46. The Labute approximate surface area is 181 Å². The third kappa shape index (κ3) is 3.80. The molecule has 1 N–H and O–H groups in total. The Morgan fingerprint density at radius 2 is 1.94 bits per heavy atom. The summed E-state index contributed by atoms with van der Waals surface area (Å²) < 4.78 is 34.9. The maximum absolute atomic E-state index is 13.3. The molecule has 0 unspecified atom stereocenters. The molecule has 5 rings (SSSR count). The van der Waals surface area contributed by atoms with E-state index in [4.69, 9.17) is 18.7 Å². The molecule has 0 saturated carbocycles.